The van der Waals surface area contributed by atoms with Crippen LogP contribution in [0.25, 0.3) is 27.8 Å². The molecule has 5 aromatic rings. The number of nitrogens with zero attached hydrogens (tertiary/aromatic N) is 2. The Labute approximate surface area is 303 Å². The molecule has 1 aromatic heterocycles. The Bertz CT molecular complexity index is 2130. The Balaban J connectivity index is 1.14. The second-order valence-electron chi connectivity index (χ2n) is 13.4. The monoisotopic (exact) mass is 663 g/mol. The highest BCUT2D eigenvalue weighted by molar-refractivity contribution is 5.99. The summed E-state index contributed by atoms with van der Waals surface area (Å²) in [6, 6.07) is 42.9. The Morgan fingerprint density at radius 2 is 1.55 bits per heavy atom. The van der Waals surface area contributed by atoms with Crippen molar-refractivity contribution in [1.82, 2.24) is 10.3 Å². The zero-order chi connectivity index (χ0) is 35.0. The number of pyridine rings is 1. The first kappa shape index (κ1) is 33.8. The van der Waals surface area contributed by atoms with Crippen molar-refractivity contribution in [2.24, 2.45) is 4.99 Å². The molecular formula is C48H45N3. The molecule has 0 saturated carbocycles. The van der Waals surface area contributed by atoms with Crippen LogP contribution >= 0.6 is 0 Å². The van der Waals surface area contributed by atoms with E-state index < -0.39 is 0 Å². The van der Waals surface area contributed by atoms with E-state index in [0.717, 1.165) is 52.9 Å². The molecule has 0 fully saturated rings. The van der Waals surface area contributed by atoms with Gasteiger partial charge in [0.1, 0.15) is 6.17 Å². The van der Waals surface area contributed by atoms with Gasteiger partial charge in [0.05, 0.1) is 5.69 Å². The van der Waals surface area contributed by atoms with E-state index in [1.165, 1.54) is 33.4 Å². The lowest BCUT2D eigenvalue weighted by Crippen LogP contribution is -2.31. The van der Waals surface area contributed by atoms with Gasteiger partial charge in [-0.15, -0.1) is 0 Å². The molecule has 0 saturated heterocycles. The maximum atomic E-state index is 5.33. The van der Waals surface area contributed by atoms with Crippen molar-refractivity contribution in [2.75, 3.05) is 0 Å². The molecule has 0 bridgehead atoms. The molecule has 3 unspecified atom stereocenters. The van der Waals surface area contributed by atoms with Crippen molar-refractivity contribution in [2.45, 2.75) is 51.2 Å². The molecule has 2 aliphatic rings. The van der Waals surface area contributed by atoms with E-state index in [0.29, 0.717) is 0 Å². The highest BCUT2D eigenvalue weighted by Gasteiger charge is 2.24. The molecular weight excluding hydrogens is 619 g/mol. The predicted molar refractivity (Wildman–Crippen MR) is 216 cm³/mol. The number of hydrogen-bond acceptors (Lipinski definition) is 3. The van der Waals surface area contributed by atoms with Crippen LogP contribution in [-0.2, 0) is 0 Å². The van der Waals surface area contributed by atoms with Crippen molar-refractivity contribution in [3.8, 4) is 11.1 Å². The van der Waals surface area contributed by atoms with E-state index >= 15 is 0 Å². The van der Waals surface area contributed by atoms with Gasteiger partial charge in [-0.2, -0.15) is 0 Å². The average molecular weight is 664 g/mol. The zero-order valence-corrected chi connectivity index (χ0v) is 29.5. The van der Waals surface area contributed by atoms with Crippen molar-refractivity contribution in [3.05, 3.63) is 204 Å². The average Bonchev–Trinajstić information content (AvgIpc) is 3.21. The van der Waals surface area contributed by atoms with Gasteiger partial charge in [0.25, 0.3) is 0 Å². The molecule has 1 N–H and O–H groups in total. The molecule has 3 nitrogen and oxygen atoms in total. The molecule has 0 radical (unpaired) electrons. The number of rotatable bonds is 11. The molecule has 3 heteroatoms. The smallest absolute Gasteiger partial charge is 0.126 e. The Morgan fingerprint density at radius 1 is 0.784 bits per heavy atom. The summed E-state index contributed by atoms with van der Waals surface area (Å²) in [6.07, 6.45) is 18.3. The third-order valence-corrected chi connectivity index (χ3v) is 9.98. The van der Waals surface area contributed by atoms with E-state index in [2.05, 4.69) is 177 Å². The van der Waals surface area contributed by atoms with Gasteiger partial charge >= 0.3 is 0 Å². The Kier molecular flexibility index (Phi) is 10.6. The van der Waals surface area contributed by atoms with E-state index in [4.69, 9.17) is 9.98 Å². The first-order valence-corrected chi connectivity index (χ1v) is 18.0. The minimum absolute atomic E-state index is 0.00476. The lowest BCUT2D eigenvalue weighted by molar-refractivity contribution is 0.528. The molecule has 2 aliphatic carbocycles. The zero-order valence-electron chi connectivity index (χ0n) is 29.5. The van der Waals surface area contributed by atoms with E-state index in [1.54, 1.807) is 0 Å². The summed E-state index contributed by atoms with van der Waals surface area (Å²) in [7, 11) is 0. The molecule has 0 amide bonds. The summed E-state index contributed by atoms with van der Waals surface area (Å²) in [5, 5.41) is 3.80. The van der Waals surface area contributed by atoms with Gasteiger partial charge in [-0.05, 0) is 95.3 Å². The van der Waals surface area contributed by atoms with Gasteiger partial charge in [-0.25, -0.2) is 0 Å². The molecule has 0 aliphatic heterocycles. The molecule has 51 heavy (non-hydrogen) atoms. The standard InChI is InChI=1S/C48H45N3/c1-34(37-28-30-39(31-29-37)38-17-7-4-8-18-38)35(2)50-48(41-21-11-6-12-22-41)51-36(3)42-23-15-24-43(33-42)44-25-13-14-26-46(44)47-45(27-16-32-49-47)40-19-9-5-10-20-40/h5-7,9-25,27-33,35,46,48,50H,1,4,8,26H2,2-3H3. The number of aliphatic imine (C=N–C) groups is 1. The van der Waals surface area contributed by atoms with Crippen molar-refractivity contribution >= 4 is 22.4 Å². The summed E-state index contributed by atoms with van der Waals surface area (Å²) < 4.78 is 0. The van der Waals surface area contributed by atoms with Crippen molar-refractivity contribution in [3.63, 3.8) is 0 Å². The predicted octanol–water partition coefficient (Wildman–Crippen LogP) is 11.8. The lowest BCUT2D eigenvalue weighted by Gasteiger charge is -2.25. The summed E-state index contributed by atoms with van der Waals surface area (Å²) >= 11 is 0. The van der Waals surface area contributed by atoms with Gasteiger partial charge in [0, 0.05) is 29.4 Å². The van der Waals surface area contributed by atoms with Crippen molar-refractivity contribution < 1.29 is 0 Å². The molecule has 3 atom stereocenters. The van der Waals surface area contributed by atoms with E-state index in [1.807, 2.05) is 12.3 Å². The molecule has 252 valence electrons. The fourth-order valence-corrected chi connectivity index (χ4v) is 7.07. The van der Waals surface area contributed by atoms with Crippen LogP contribution in [-0.4, -0.2) is 16.7 Å². The first-order chi connectivity index (χ1) is 25.0. The molecule has 0 spiro atoms. The van der Waals surface area contributed by atoms with Crippen LogP contribution in [0.1, 0.15) is 78.7 Å². The first-order valence-electron chi connectivity index (χ1n) is 18.0. The van der Waals surface area contributed by atoms with Crippen LogP contribution in [0.4, 0.5) is 0 Å². The normalized spacial score (nSPS) is 17.0. The summed E-state index contributed by atoms with van der Waals surface area (Å²) in [4.78, 5) is 10.3. The molecule has 7 rings (SSSR count). The lowest BCUT2D eigenvalue weighted by atomic mass is 9.81. The topological polar surface area (TPSA) is 37.3 Å². The molecule has 1 heterocycles. The van der Waals surface area contributed by atoms with Crippen LogP contribution in [0.2, 0.25) is 0 Å². The number of nitrogens with one attached hydrogen (secondary N) is 1. The van der Waals surface area contributed by atoms with Gasteiger partial charge in [-0.3, -0.25) is 15.3 Å². The van der Waals surface area contributed by atoms with Crippen molar-refractivity contribution in [1.29, 1.82) is 0 Å². The highest BCUT2D eigenvalue weighted by atomic mass is 15.1. The molecule has 4 aromatic carbocycles. The maximum absolute atomic E-state index is 5.33. The summed E-state index contributed by atoms with van der Waals surface area (Å²) in [5.74, 6) is 0.148. The Hall–Kier alpha value is -5.64. The van der Waals surface area contributed by atoms with E-state index in [9.17, 15) is 0 Å². The minimum Gasteiger partial charge on any atom is -0.285 e. The van der Waals surface area contributed by atoms with Gasteiger partial charge < -0.3 is 0 Å². The summed E-state index contributed by atoms with van der Waals surface area (Å²) in [6.45, 7) is 8.80. The third-order valence-electron chi connectivity index (χ3n) is 9.98. The van der Waals surface area contributed by atoms with Gasteiger partial charge in [0.2, 0.25) is 0 Å². The van der Waals surface area contributed by atoms with Gasteiger partial charge in [0.15, 0.2) is 0 Å². The number of hydrogen-bond donors (Lipinski definition) is 1. The second kappa shape index (κ2) is 15.9. The van der Waals surface area contributed by atoms with E-state index in [-0.39, 0.29) is 18.1 Å². The van der Waals surface area contributed by atoms with Crippen LogP contribution in [0.5, 0.6) is 0 Å². The van der Waals surface area contributed by atoms with Gasteiger partial charge in [-0.1, -0.05) is 152 Å². The fourth-order valence-electron chi connectivity index (χ4n) is 7.07. The second-order valence-corrected chi connectivity index (χ2v) is 13.4. The number of allylic oxidation sites excluding steroid dienone is 8. The van der Waals surface area contributed by atoms with Crippen LogP contribution in [0.15, 0.2) is 176 Å². The minimum atomic E-state index is -0.245. The quantitative estimate of drug-likeness (QED) is 0.143. The fraction of sp³-hybridized carbons (Fsp3) is 0.167. The maximum Gasteiger partial charge on any atom is 0.126 e. The van der Waals surface area contributed by atoms with Crippen LogP contribution in [0, 0.1) is 0 Å². The number of aromatic nitrogens is 1. The number of benzene rings is 4. The highest BCUT2D eigenvalue weighted by Crippen LogP contribution is 2.41. The third kappa shape index (κ3) is 7.90. The summed E-state index contributed by atoms with van der Waals surface area (Å²) in [5.41, 5.74) is 13.8. The van der Waals surface area contributed by atoms with Crippen LogP contribution < -0.4 is 5.32 Å². The Morgan fingerprint density at radius 3 is 2.31 bits per heavy atom. The largest absolute Gasteiger partial charge is 0.285 e. The SMILES string of the molecule is C=C(c1ccc(C2=CCCC=C2)cc1)C(C)NC(N=C(C)c1cccc(C2=CC=CCC2c2ncccc2-c2ccccc2)c1)c1ccccc1. The van der Waals surface area contributed by atoms with Crippen LogP contribution in [0.3, 0.4) is 0 Å².